The van der Waals surface area contributed by atoms with Crippen LogP contribution in [-0.2, 0) is 53.1 Å². The van der Waals surface area contributed by atoms with Crippen LogP contribution in [0.1, 0.15) is 250 Å². The third-order valence-corrected chi connectivity index (χ3v) is 71.1. The van der Waals surface area contributed by atoms with E-state index in [0.29, 0.717) is 125 Å². The minimum absolute atomic E-state index is 0.0589. The van der Waals surface area contributed by atoms with E-state index in [4.69, 9.17) is 53.1 Å². The summed E-state index contributed by atoms with van der Waals surface area (Å²) in [6, 6.07) is 0. The van der Waals surface area contributed by atoms with E-state index in [1.54, 1.807) is 0 Å². The Hall–Kier alpha value is 5.99. The fourth-order valence-electron chi connectivity index (χ4n) is 18.6. The number of hydrogen-bond acceptors (Lipinski definition) is 28. The normalized spacial score (nSPS) is 34.9. The molecule has 0 aliphatic heterocycles. The van der Waals surface area contributed by atoms with E-state index in [1.165, 1.54) is 128 Å². The quantitative estimate of drug-likeness (QED) is 0.0249. The predicted molar refractivity (Wildman–Crippen MR) is 449 cm³/mol. The molecule has 560 valence electrons. The molecule has 0 radical (unpaired) electrons. The topological polar surface area (TPSA) is 111 Å². The second-order valence-electron chi connectivity index (χ2n) is 27.5. The lowest BCUT2D eigenvalue weighted by atomic mass is 9.99. The summed E-state index contributed by atoms with van der Waals surface area (Å²) in [6.07, 6.45) is 32.0. The molecule has 0 spiro atoms. The third kappa shape index (κ3) is 19.9. The Balaban J connectivity index is 1.09. The van der Waals surface area contributed by atoms with E-state index < -0.39 is 35.2 Å². The van der Waals surface area contributed by atoms with Gasteiger partial charge >= 0.3 is 35.2 Å². The van der Waals surface area contributed by atoms with E-state index in [1.807, 2.05) is 0 Å². The van der Waals surface area contributed by atoms with Crippen LogP contribution in [0.15, 0.2) is 0 Å². The van der Waals surface area contributed by atoms with Crippen LogP contribution in [0.25, 0.3) is 0 Å². The van der Waals surface area contributed by atoms with Gasteiger partial charge < -0.3 is 53.1 Å². The van der Waals surface area contributed by atoms with Gasteiger partial charge in [-0.2, -0.15) is 0 Å². The Morgan fingerprint density at radius 1 is 0.240 bits per heavy atom. The van der Waals surface area contributed by atoms with Gasteiger partial charge in [-0.25, -0.2) is 0 Å². The van der Waals surface area contributed by atoms with Gasteiger partial charge in [0.25, 0.3) is 0 Å². The van der Waals surface area contributed by atoms with Crippen molar-refractivity contribution >= 4 is 200 Å². The van der Waals surface area contributed by atoms with Crippen molar-refractivity contribution in [2.75, 3.05) is 79.3 Å². The van der Waals surface area contributed by atoms with Gasteiger partial charge in [0.15, 0.2) is 0 Å². The van der Waals surface area contributed by atoms with Gasteiger partial charge in [-0.05, 0) is 301 Å². The fourth-order valence-corrected chi connectivity index (χ4v) is 76.1. The van der Waals surface area contributed by atoms with E-state index in [9.17, 15) is 0 Å². The molecule has 0 aromatic heterocycles. The Morgan fingerprint density at radius 2 is 0.417 bits per heavy atom. The lowest BCUT2D eigenvalue weighted by Gasteiger charge is -2.48. The average molecular weight is 1710 g/mol. The molecule has 0 amide bonds. The average Bonchev–Trinajstić information content (AvgIpc) is 1.58. The summed E-state index contributed by atoms with van der Waals surface area (Å²) in [7, 11) is 22.5. The standard InChI is InChI=1S/C64H120O12S16Si4/c1-13-65-93(66-14-2,67-15-3)55-43-51-33-39-59(55,47-51)77-85-89-81-63(82-90-86-78-60-40-34-52(48-60)44-56(60)94(68-16-4,69-17-5)70-18-6)37-31-29-27-25-26-28-30-32-38-64(63,83-91-87-79-61-41-35-53(49-61)45-57(61)95(71-19-7,72-20-8)73-21-9)84-92-88-80-62-42-36-54(50-62)46-58(62)96(74-22-10,75-23-11)76-24-12/h51-58H,13-50H2,1-12H3. The van der Waals surface area contributed by atoms with Crippen molar-refractivity contribution in [3.8, 4) is 0 Å². The highest BCUT2D eigenvalue weighted by molar-refractivity contribution is 9.31. The molecular weight excluding hydrogens is 1590 g/mol. The first-order chi connectivity index (χ1) is 46.7. The second-order valence-corrected chi connectivity index (χ2v) is 64.6. The molecule has 12 nitrogen and oxygen atoms in total. The molecule has 0 N–H and O–H groups in total. The van der Waals surface area contributed by atoms with Crippen LogP contribution in [0.2, 0.25) is 22.2 Å². The Labute approximate surface area is 648 Å². The van der Waals surface area contributed by atoms with E-state index in [2.05, 4.69) is 248 Å². The molecule has 0 saturated heterocycles. The van der Waals surface area contributed by atoms with Crippen LogP contribution in [0.4, 0.5) is 0 Å². The maximum absolute atomic E-state index is 6.83. The first-order valence-electron chi connectivity index (χ1n) is 37.2. The first-order valence-corrected chi connectivity index (χ1v) is 63.6. The highest BCUT2D eigenvalue weighted by atomic mass is 33.7. The van der Waals surface area contributed by atoms with Crippen LogP contribution in [0.3, 0.4) is 0 Å². The molecular formula is C64H120O12S16Si4. The molecule has 9 aliphatic carbocycles. The van der Waals surface area contributed by atoms with Gasteiger partial charge in [-0.1, -0.05) is 138 Å². The number of fused-ring (bicyclic) bond motifs is 8. The van der Waals surface area contributed by atoms with Crippen LogP contribution in [0.5, 0.6) is 0 Å². The Kier molecular flexibility index (Phi) is 37.2. The maximum atomic E-state index is 6.83. The Morgan fingerprint density at radius 3 is 0.594 bits per heavy atom. The molecule has 0 heterocycles. The lowest BCUT2D eigenvalue weighted by molar-refractivity contribution is 0.0553. The number of hydrogen-bond donors (Lipinski definition) is 0. The summed E-state index contributed by atoms with van der Waals surface area (Å²) in [5, 5.41) is 0. The van der Waals surface area contributed by atoms with Crippen molar-refractivity contribution in [2.45, 2.75) is 299 Å². The van der Waals surface area contributed by atoms with Gasteiger partial charge in [-0.3, -0.25) is 0 Å². The van der Waals surface area contributed by atoms with Crippen LogP contribution < -0.4 is 0 Å². The summed E-state index contributed by atoms with van der Waals surface area (Å²) >= 11 is 0. The summed E-state index contributed by atoms with van der Waals surface area (Å²) in [4.78, 5) is 0. The smallest absolute Gasteiger partial charge is 0.374 e. The van der Waals surface area contributed by atoms with Crippen LogP contribution >= 0.6 is 165 Å². The zero-order valence-corrected chi connectivity index (χ0v) is 77.0. The summed E-state index contributed by atoms with van der Waals surface area (Å²) in [5.41, 5.74) is 1.17. The fraction of sp³-hybridized carbons (Fsp3) is 1.00. The zero-order chi connectivity index (χ0) is 68.3. The molecule has 9 fully saturated rings. The zero-order valence-electron chi connectivity index (χ0n) is 59.9. The van der Waals surface area contributed by atoms with Crippen LogP contribution in [0, 0.1) is 23.7 Å². The first kappa shape index (κ1) is 86.0. The Bertz CT molecular complexity index is 1940. The molecule has 32 heteroatoms. The highest BCUT2D eigenvalue weighted by Gasteiger charge is 2.70. The number of rotatable bonds is 48. The summed E-state index contributed by atoms with van der Waals surface area (Å²) in [6.45, 7) is 33.0. The van der Waals surface area contributed by atoms with Crippen molar-refractivity contribution in [1.82, 2.24) is 0 Å². The van der Waals surface area contributed by atoms with Crippen molar-refractivity contribution in [2.24, 2.45) is 23.7 Å². The van der Waals surface area contributed by atoms with Gasteiger partial charge in [0.05, 0.1) is 0 Å². The van der Waals surface area contributed by atoms with Gasteiger partial charge in [0.2, 0.25) is 0 Å². The van der Waals surface area contributed by atoms with E-state index in [0.717, 1.165) is 38.5 Å². The largest absolute Gasteiger partial charge is 0.505 e. The molecule has 96 heavy (non-hydrogen) atoms. The summed E-state index contributed by atoms with van der Waals surface area (Å²) < 4.78 is 81.8. The monoisotopic (exact) mass is 1700 g/mol. The third-order valence-electron chi connectivity index (χ3n) is 22.0. The van der Waals surface area contributed by atoms with Crippen LogP contribution in [-0.4, -0.2) is 142 Å². The minimum atomic E-state index is -2.99. The minimum Gasteiger partial charge on any atom is -0.374 e. The molecule has 12 atom stereocenters. The molecule has 9 rings (SSSR count). The van der Waals surface area contributed by atoms with E-state index >= 15 is 0 Å². The maximum Gasteiger partial charge on any atom is 0.505 e. The van der Waals surface area contributed by atoms with Gasteiger partial charge in [0, 0.05) is 120 Å². The molecule has 0 aromatic carbocycles. The molecule has 12 unspecified atom stereocenters. The van der Waals surface area contributed by atoms with E-state index in [-0.39, 0.29) is 27.1 Å². The molecule has 0 aromatic rings. The molecule has 9 saturated carbocycles. The predicted octanol–water partition coefficient (Wildman–Crippen LogP) is 25.4. The van der Waals surface area contributed by atoms with Gasteiger partial charge in [-0.15, -0.1) is 0 Å². The van der Waals surface area contributed by atoms with Crippen molar-refractivity contribution in [3.63, 3.8) is 0 Å². The van der Waals surface area contributed by atoms with Gasteiger partial charge in [0.1, 0.15) is 8.16 Å². The molecule has 8 bridgehead atoms. The lowest BCUT2D eigenvalue weighted by Crippen LogP contribution is -2.55. The second kappa shape index (κ2) is 41.5. The SMILES string of the molecule is CCO[Si](OCC)(OCC)C1CC2CCC1(SSSSC1(SSSSC34CCC(CC3[Si](OCC)(OCC)OCC)C4)CCCCCCCCCCC1(SSSSC13CCC(CC1[Si](OCC)(OCC)OCC)C3)SSSSC13CCC(CC1[Si](OCC)(OCC)OCC)C3)C2. The summed E-state index contributed by atoms with van der Waals surface area (Å²) in [5.74, 6) is 2.78. The molecule has 9 aliphatic rings. The van der Waals surface area contributed by atoms with Crippen molar-refractivity contribution in [1.29, 1.82) is 0 Å². The van der Waals surface area contributed by atoms with Crippen molar-refractivity contribution in [3.05, 3.63) is 0 Å². The van der Waals surface area contributed by atoms with Crippen molar-refractivity contribution < 1.29 is 53.1 Å². The highest BCUT2D eigenvalue weighted by Crippen LogP contribution is 2.80.